The van der Waals surface area contributed by atoms with Crippen molar-refractivity contribution in [3.8, 4) is 0 Å². The van der Waals surface area contributed by atoms with Gasteiger partial charge in [0.2, 0.25) is 5.95 Å². The van der Waals surface area contributed by atoms with Gasteiger partial charge in [-0.15, -0.1) is 0 Å². The normalized spacial score (nSPS) is 11.7. The van der Waals surface area contributed by atoms with Crippen LogP contribution in [0.15, 0.2) is 29.1 Å². The SMILES string of the molecule is CCOC(=O)CC[C@H](NC(=O)c1cccc(CCCCc2cc3c(=O)[nH]c(N)nc3[nH]2)n1)C(=O)OCC. The van der Waals surface area contributed by atoms with Gasteiger partial charge >= 0.3 is 11.9 Å². The Kier molecular flexibility index (Phi) is 9.76. The molecule has 3 rings (SSSR count). The molecule has 0 aliphatic rings. The van der Waals surface area contributed by atoms with Crippen molar-refractivity contribution in [3.63, 3.8) is 0 Å². The summed E-state index contributed by atoms with van der Waals surface area (Å²) in [6.07, 6.45) is 2.99. The van der Waals surface area contributed by atoms with Gasteiger partial charge in [-0.3, -0.25) is 19.4 Å². The number of aryl methyl sites for hydroxylation is 2. The molecule has 0 unspecified atom stereocenters. The number of carbonyl (C=O) groups is 3. The van der Waals surface area contributed by atoms with Crippen molar-refractivity contribution in [2.24, 2.45) is 0 Å². The minimum absolute atomic E-state index is 0.0285. The third-order valence-corrected chi connectivity index (χ3v) is 5.56. The van der Waals surface area contributed by atoms with Gasteiger partial charge in [-0.05, 0) is 64.2 Å². The highest BCUT2D eigenvalue weighted by Crippen LogP contribution is 2.13. The van der Waals surface area contributed by atoms with Crippen molar-refractivity contribution in [2.45, 2.75) is 58.4 Å². The Bertz CT molecular complexity index is 1300. The molecule has 3 aromatic heterocycles. The summed E-state index contributed by atoms with van der Waals surface area (Å²) < 4.78 is 9.93. The number of pyridine rings is 1. The van der Waals surface area contributed by atoms with Gasteiger partial charge < -0.3 is 25.5 Å². The number of H-pyrrole nitrogens is 2. The van der Waals surface area contributed by atoms with E-state index < -0.39 is 23.9 Å². The van der Waals surface area contributed by atoms with Crippen molar-refractivity contribution < 1.29 is 23.9 Å². The second-order valence-corrected chi connectivity index (χ2v) is 8.35. The smallest absolute Gasteiger partial charge is 0.328 e. The van der Waals surface area contributed by atoms with E-state index in [1.807, 2.05) is 6.07 Å². The number of fused-ring (bicyclic) bond motifs is 1. The van der Waals surface area contributed by atoms with Gasteiger partial charge in [0.05, 0.1) is 18.6 Å². The van der Waals surface area contributed by atoms with Crippen molar-refractivity contribution in [1.29, 1.82) is 0 Å². The number of aromatic amines is 2. The van der Waals surface area contributed by atoms with E-state index in [0.717, 1.165) is 24.2 Å². The summed E-state index contributed by atoms with van der Waals surface area (Å²) in [6.45, 7) is 3.75. The van der Waals surface area contributed by atoms with Crippen LogP contribution in [0.25, 0.3) is 11.0 Å². The number of carbonyl (C=O) groups excluding carboxylic acids is 3. The Morgan fingerprint density at radius 2 is 1.81 bits per heavy atom. The van der Waals surface area contributed by atoms with Gasteiger partial charge in [0.15, 0.2) is 0 Å². The van der Waals surface area contributed by atoms with Crippen molar-refractivity contribution in [3.05, 3.63) is 51.7 Å². The molecule has 37 heavy (non-hydrogen) atoms. The monoisotopic (exact) mass is 512 g/mol. The number of amides is 1. The van der Waals surface area contributed by atoms with Crippen LogP contribution in [0, 0.1) is 0 Å². The van der Waals surface area contributed by atoms with E-state index >= 15 is 0 Å². The van der Waals surface area contributed by atoms with E-state index in [1.54, 1.807) is 32.0 Å². The number of nitrogens with one attached hydrogen (secondary N) is 3. The summed E-state index contributed by atoms with van der Waals surface area (Å²) >= 11 is 0. The van der Waals surface area contributed by atoms with Crippen molar-refractivity contribution in [2.75, 3.05) is 18.9 Å². The second kappa shape index (κ2) is 13.2. The topological polar surface area (TPSA) is 182 Å². The molecule has 3 heterocycles. The lowest BCUT2D eigenvalue weighted by atomic mass is 10.1. The number of aromatic nitrogens is 4. The molecule has 1 atom stereocenters. The van der Waals surface area contributed by atoms with E-state index in [0.29, 0.717) is 23.9 Å². The number of hydrogen-bond acceptors (Lipinski definition) is 9. The average Bonchev–Trinajstić information content (AvgIpc) is 3.28. The molecule has 3 aromatic rings. The Labute approximate surface area is 213 Å². The van der Waals surface area contributed by atoms with Gasteiger partial charge in [0.25, 0.3) is 11.5 Å². The number of rotatable bonds is 13. The van der Waals surface area contributed by atoms with Crippen LogP contribution in [0.1, 0.15) is 61.4 Å². The highest BCUT2D eigenvalue weighted by molar-refractivity contribution is 5.95. The number of ether oxygens (including phenoxy) is 2. The van der Waals surface area contributed by atoms with Crippen LogP contribution in [-0.2, 0) is 31.9 Å². The van der Waals surface area contributed by atoms with Gasteiger partial charge in [-0.1, -0.05) is 6.07 Å². The average molecular weight is 513 g/mol. The zero-order valence-corrected chi connectivity index (χ0v) is 21.0. The minimum atomic E-state index is -0.990. The number of nitrogens with two attached hydrogens (primary N) is 1. The number of unbranched alkanes of at least 4 members (excludes halogenated alkanes) is 1. The lowest BCUT2D eigenvalue weighted by Crippen LogP contribution is -2.42. The standard InChI is InChI=1S/C25H32N6O6/c1-3-36-20(32)13-12-19(24(35)37-4-2)29-23(34)18-11-7-10-15(27-18)8-5-6-9-16-14-17-21(28-16)30-25(26)31-22(17)33/h7,10-11,14,19H,3-6,8-9,12-13H2,1-2H3,(H,29,34)(H4,26,28,30,31,33)/t19-/m0/s1. The fraction of sp³-hybridized carbons (Fsp3) is 0.440. The molecule has 198 valence electrons. The zero-order chi connectivity index (χ0) is 26.8. The van der Waals surface area contributed by atoms with E-state index in [9.17, 15) is 19.2 Å². The van der Waals surface area contributed by atoms with Crippen LogP contribution in [0.4, 0.5) is 5.95 Å². The maximum absolute atomic E-state index is 12.8. The molecule has 1 amide bonds. The molecule has 0 spiro atoms. The largest absolute Gasteiger partial charge is 0.466 e. The van der Waals surface area contributed by atoms with Crippen molar-refractivity contribution >= 4 is 34.8 Å². The van der Waals surface area contributed by atoms with Crippen LogP contribution < -0.4 is 16.6 Å². The van der Waals surface area contributed by atoms with E-state index in [2.05, 4.69) is 25.3 Å². The molecule has 0 bridgehead atoms. The highest BCUT2D eigenvalue weighted by atomic mass is 16.5. The summed E-state index contributed by atoms with van der Waals surface area (Å²) in [5.41, 5.74) is 7.54. The van der Waals surface area contributed by atoms with Crippen LogP contribution in [0.3, 0.4) is 0 Å². The Morgan fingerprint density at radius 3 is 2.57 bits per heavy atom. The molecule has 0 saturated heterocycles. The maximum Gasteiger partial charge on any atom is 0.328 e. The van der Waals surface area contributed by atoms with Crippen LogP contribution in [0.2, 0.25) is 0 Å². The highest BCUT2D eigenvalue weighted by Gasteiger charge is 2.24. The molecule has 0 aromatic carbocycles. The number of nitrogen functional groups attached to an aromatic ring is 1. The fourth-order valence-corrected chi connectivity index (χ4v) is 3.81. The quantitative estimate of drug-likeness (QED) is 0.196. The van der Waals surface area contributed by atoms with Gasteiger partial charge in [-0.25, -0.2) is 9.78 Å². The van der Waals surface area contributed by atoms with Gasteiger partial charge in [-0.2, -0.15) is 4.98 Å². The van der Waals surface area contributed by atoms with Gasteiger partial charge in [0, 0.05) is 17.8 Å². The number of anilines is 1. The number of esters is 2. The molecular weight excluding hydrogens is 480 g/mol. The van der Waals surface area contributed by atoms with Crippen LogP contribution in [0.5, 0.6) is 0 Å². The summed E-state index contributed by atoms with van der Waals surface area (Å²) in [7, 11) is 0. The molecule has 0 aliphatic carbocycles. The van der Waals surface area contributed by atoms with Gasteiger partial charge in [0.1, 0.15) is 17.4 Å². The molecule has 12 nitrogen and oxygen atoms in total. The third-order valence-electron chi connectivity index (χ3n) is 5.56. The fourth-order valence-electron chi connectivity index (χ4n) is 3.81. The molecule has 12 heteroatoms. The van der Waals surface area contributed by atoms with Crippen LogP contribution >= 0.6 is 0 Å². The van der Waals surface area contributed by atoms with Crippen LogP contribution in [-0.4, -0.2) is 57.0 Å². The second-order valence-electron chi connectivity index (χ2n) is 8.35. The first-order valence-corrected chi connectivity index (χ1v) is 12.3. The zero-order valence-electron chi connectivity index (χ0n) is 21.0. The summed E-state index contributed by atoms with van der Waals surface area (Å²) in [4.78, 5) is 62.8. The molecular formula is C25H32N6O6. The number of hydrogen-bond donors (Lipinski definition) is 4. The Balaban J connectivity index is 1.55. The predicted molar refractivity (Wildman–Crippen MR) is 136 cm³/mol. The lowest BCUT2D eigenvalue weighted by molar-refractivity contribution is -0.146. The first-order chi connectivity index (χ1) is 17.8. The van der Waals surface area contributed by atoms with E-state index in [1.165, 1.54) is 0 Å². The Hall–Kier alpha value is -4.22. The Morgan fingerprint density at radius 1 is 1.05 bits per heavy atom. The maximum atomic E-state index is 12.8. The summed E-state index contributed by atoms with van der Waals surface area (Å²) in [5.74, 6) is -1.54. The van der Waals surface area contributed by atoms with E-state index in [4.69, 9.17) is 15.2 Å². The summed E-state index contributed by atoms with van der Waals surface area (Å²) in [6, 6.07) is 5.90. The molecule has 0 aliphatic heterocycles. The third kappa shape index (κ3) is 7.89. The molecule has 0 fully saturated rings. The van der Waals surface area contributed by atoms with Crippen molar-refractivity contribution in [1.82, 2.24) is 25.3 Å². The molecule has 0 radical (unpaired) electrons. The number of nitrogens with zero attached hydrogens (tertiary/aromatic N) is 2. The molecule has 0 saturated carbocycles. The lowest BCUT2D eigenvalue weighted by Gasteiger charge is -2.17. The first kappa shape index (κ1) is 27.4. The molecule has 5 N–H and O–H groups in total. The first-order valence-electron chi connectivity index (χ1n) is 12.3. The minimum Gasteiger partial charge on any atom is -0.466 e. The van der Waals surface area contributed by atoms with E-state index in [-0.39, 0.29) is 43.3 Å². The predicted octanol–water partition coefficient (Wildman–Crippen LogP) is 1.80. The summed E-state index contributed by atoms with van der Waals surface area (Å²) in [5, 5.41) is 3.09.